The summed E-state index contributed by atoms with van der Waals surface area (Å²) in [7, 11) is 0. The molecule has 86 valence electrons. The van der Waals surface area contributed by atoms with Crippen LogP contribution in [-0.2, 0) is 11.2 Å². The molecule has 0 saturated heterocycles. The van der Waals surface area contributed by atoms with E-state index in [0.717, 1.165) is 18.7 Å². The average molecular weight is 218 g/mol. The van der Waals surface area contributed by atoms with Crippen molar-refractivity contribution in [2.24, 2.45) is 5.73 Å². The van der Waals surface area contributed by atoms with E-state index in [1.165, 1.54) is 5.56 Å². The van der Waals surface area contributed by atoms with Crippen LogP contribution in [0.3, 0.4) is 0 Å². The third-order valence-electron chi connectivity index (χ3n) is 3.36. The van der Waals surface area contributed by atoms with Gasteiger partial charge in [0.05, 0.1) is 5.54 Å². The molecule has 1 amide bonds. The Morgan fingerprint density at radius 3 is 2.88 bits per heavy atom. The van der Waals surface area contributed by atoms with Gasteiger partial charge < -0.3 is 10.6 Å². The fourth-order valence-electron chi connectivity index (χ4n) is 2.01. The molecule has 2 rings (SSSR count). The lowest BCUT2D eigenvalue weighted by Crippen LogP contribution is -2.52. The smallest absolute Gasteiger partial charge is 0.246 e. The van der Waals surface area contributed by atoms with Crippen molar-refractivity contribution in [1.82, 2.24) is 0 Å². The van der Waals surface area contributed by atoms with Crippen molar-refractivity contribution in [2.45, 2.75) is 32.2 Å². The molecular weight excluding hydrogens is 200 g/mol. The van der Waals surface area contributed by atoms with Gasteiger partial charge in [-0.1, -0.05) is 25.1 Å². The largest absolute Gasteiger partial charge is 0.318 e. The van der Waals surface area contributed by atoms with Gasteiger partial charge in [0.1, 0.15) is 0 Å². The Bertz CT molecular complexity index is 412. The maximum Gasteiger partial charge on any atom is 0.246 e. The third-order valence-corrected chi connectivity index (χ3v) is 3.36. The molecule has 0 bridgehead atoms. The minimum atomic E-state index is -0.753. The molecule has 1 atom stereocenters. The van der Waals surface area contributed by atoms with Gasteiger partial charge in [0.2, 0.25) is 5.91 Å². The maximum atomic E-state index is 12.3. The van der Waals surface area contributed by atoms with E-state index in [1.54, 1.807) is 6.92 Å². The van der Waals surface area contributed by atoms with Crippen LogP contribution >= 0.6 is 0 Å². The lowest BCUT2D eigenvalue weighted by atomic mass is 9.98. The van der Waals surface area contributed by atoms with Crippen molar-refractivity contribution in [2.75, 3.05) is 11.4 Å². The van der Waals surface area contributed by atoms with Crippen molar-refractivity contribution in [3.05, 3.63) is 29.8 Å². The third kappa shape index (κ3) is 1.71. The summed E-state index contributed by atoms with van der Waals surface area (Å²) < 4.78 is 0. The lowest BCUT2D eigenvalue weighted by molar-refractivity contribution is -0.123. The van der Waals surface area contributed by atoms with E-state index >= 15 is 0 Å². The van der Waals surface area contributed by atoms with Gasteiger partial charge in [-0.05, 0) is 31.4 Å². The number of hydrogen-bond acceptors (Lipinski definition) is 2. The van der Waals surface area contributed by atoms with Crippen LogP contribution in [-0.4, -0.2) is 18.0 Å². The molecule has 0 fully saturated rings. The Morgan fingerprint density at radius 2 is 2.19 bits per heavy atom. The molecule has 1 aliphatic heterocycles. The molecule has 1 aromatic carbocycles. The highest BCUT2D eigenvalue weighted by Gasteiger charge is 2.34. The molecule has 3 nitrogen and oxygen atoms in total. The molecule has 16 heavy (non-hydrogen) atoms. The Morgan fingerprint density at radius 1 is 1.50 bits per heavy atom. The van der Waals surface area contributed by atoms with E-state index < -0.39 is 5.54 Å². The van der Waals surface area contributed by atoms with Crippen molar-refractivity contribution in [1.29, 1.82) is 0 Å². The first kappa shape index (κ1) is 11.1. The number of fused-ring (bicyclic) bond motifs is 1. The van der Waals surface area contributed by atoms with E-state index in [-0.39, 0.29) is 5.91 Å². The summed E-state index contributed by atoms with van der Waals surface area (Å²) in [4.78, 5) is 14.1. The fourth-order valence-corrected chi connectivity index (χ4v) is 2.01. The van der Waals surface area contributed by atoms with Gasteiger partial charge in [-0.15, -0.1) is 0 Å². The zero-order chi connectivity index (χ0) is 11.8. The molecule has 1 heterocycles. The summed E-state index contributed by atoms with van der Waals surface area (Å²) in [6.07, 6.45) is 1.59. The van der Waals surface area contributed by atoms with Crippen LogP contribution in [0.5, 0.6) is 0 Å². The Balaban J connectivity index is 2.29. The molecule has 0 aliphatic carbocycles. The van der Waals surface area contributed by atoms with E-state index in [0.29, 0.717) is 6.42 Å². The Labute approximate surface area is 96.2 Å². The molecule has 1 aromatic rings. The normalized spacial score (nSPS) is 18.1. The zero-order valence-electron chi connectivity index (χ0n) is 9.86. The Kier molecular flexibility index (Phi) is 2.72. The molecule has 0 aromatic heterocycles. The minimum absolute atomic E-state index is 0.0277. The minimum Gasteiger partial charge on any atom is -0.318 e. The molecule has 2 N–H and O–H groups in total. The van der Waals surface area contributed by atoms with Crippen LogP contribution < -0.4 is 10.6 Å². The van der Waals surface area contributed by atoms with Gasteiger partial charge in [-0.2, -0.15) is 0 Å². The molecule has 0 saturated carbocycles. The number of benzene rings is 1. The average Bonchev–Trinajstić information content (AvgIpc) is 2.71. The second-order valence-electron chi connectivity index (χ2n) is 4.61. The highest BCUT2D eigenvalue weighted by Crippen LogP contribution is 2.29. The molecule has 1 aliphatic rings. The quantitative estimate of drug-likeness (QED) is 0.821. The fraction of sp³-hybridized carbons (Fsp3) is 0.462. The van der Waals surface area contributed by atoms with Crippen LogP contribution in [0.4, 0.5) is 5.69 Å². The summed E-state index contributed by atoms with van der Waals surface area (Å²) in [5.41, 5.74) is 7.52. The molecule has 1 unspecified atom stereocenters. The summed E-state index contributed by atoms with van der Waals surface area (Å²) in [6, 6.07) is 8.03. The van der Waals surface area contributed by atoms with Crippen molar-refractivity contribution >= 4 is 11.6 Å². The van der Waals surface area contributed by atoms with Crippen LogP contribution in [0.25, 0.3) is 0 Å². The van der Waals surface area contributed by atoms with Gasteiger partial charge >= 0.3 is 0 Å². The lowest BCUT2D eigenvalue weighted by Gasteiger charge is -2.28. The number of nitrogens with two attached hydrogens (primary N) is 1. The summed E-state index contributed by atoms with van der Waals surface area (Å²) in [5.74, 6) is 0.0277. The monoisotopic (exact) mass is 218 g/mol. The summed E-state index contributed by atoms with van der Waals surface area (Å²) in [6.45, 7) is 4.50. The second-order valence-corrected chi connectivity index (χ2v) is 4.61. The second kappa shape index (κ2) is 3.91. The topological polar surface area (TPSA) is 46.3 Å². The highest BCUT2D eigenvalue weighted by atomic mass is 16.2. The molecular formula is C13H18N2O. The molecule has 0 radical (unpaired) electrons. The molecule has 0 spiro atoms. The van der Waals surface area contributed by atoms with E-state index in [4.69, 9.17) is 5.73 Å². The number of carbonyl (C=O) groups excluding carboxylic acids is 1. The van der Waals surface area contributed by atoms with Crippen molar-refractivity contribution in [3.8, 4) is 0 Å². The van der Waals surface area contributed by atoms with Gasteiger partial charge in [0.25, 0.3) is 0 Å². The first-order chi connectivity index (χ1) is 7.56. The SMILES string of the molecule is CCC(C)(N)C(=O)N1CCc2ccccc21. The number of anilines is 1. The summed E-state index contributed by atoms with van der Waals surface area (Å²) in [5, 5.41) is 0. The first-order valence-corrected chi connectivity index (χ1v) is 5.75. The predicted molar refractivity (Wildman–Crippen MR) is 65.4 cm³/mol. The number of nitrogens with zero attached hydrogens (tertiary/aromatic N) is 1. The van der Waals surface area contributed by atoms with Gasteiger partial charge in [-0.3, -0.25) is 4.79 Å². The number of para-hydroxylation sites is 1. The highest BCUT2D eigenvalue weighted by molar-refractivity contribution is 6.01. The number of amides is 1. The predicted octanol–water partition coefficient (Wildman–Crippen LogP) is 1.70. The van der Waals surface area contributed by atoms with Crippen molar-refractivity contribution in [3.63, 3.8) is 0 Å². The van der Waals surface area contributed by atoms with E-state index in [2.05, 4.69) is 6.07 Å². The Hall–Kier alpha value is -1.35. The zero-order valence-corrected chi connectivity index (χ0v) is 9.86. The van der Waals surface area contributed by atoms with Crippen LogP contribution in [0.15, 0.2) is 24.3 Å². The summed E-state index contributed by atoms with van der Waals surface area (Å²) >= 11 is 0. The first-order valence-electron chi connectivity index (χ1n) is 5.75. The van der Waals surface area contributed by atoms with E-state index in [1.807, 2.05) is 30.0 Å². The van der Waals surface area contributed by atoms with E-state index in [9.17, 15) is 4.79 Å². The van der Waals surface area contributed by atoms with Gasteiger partial charge in [-0.25, -0.2) is 0 Å². The van der Waals surface area contributed by atoms with Crippen LogP contribution in [0, 0.1) is 0 Å². The molecule has 3 heteroatoms. The van der Waals surface area contributed by atoms with Crippen molar-refractivity contribution < 1.29 is 4.79 Å². The van der Waals surface area contributed by atoms with Crippen LogP contribution in [0.2, 0.25) is 0 Å². The number of rotatable bonds is 2. The van der Waals surface area contributed by atoms with Gasteiger partial charge in [0.15, 0.2) is 0 Å². The maximum absolute atomic E-state index is 12.3. The number of carbonyl (C=O) groups is 1. The van der Waals surface area contributed by atoms with Gasteiger partial charge in [0, 0.05) is 12.2 Å². The standard InChI is InChI=1S/C13H18N2O/c1-3-13(2,14)12(16)15-9-8-10-6-4-5-7-11(10)15/h4-7H,3,8-9,14H2,1-2H3. The van der Waals surface area contributed by atoms with Crippen LogP contribution in [0.1, 0.15) is 25.8 Å². The number of hydrogen-bond donors (Lipinski definition) is 1.